The Kier molecular flexibility index (Phi) is 5.44. The van der Waals surface area contributed by atoms with Crippen LogP contribution in [0.5, 0.6) is 0 Å². The van der Waals surface area contributed by atoms with Crippen molar-refractivity contribution in [2.75, 3.05) is 11.9 Å². The van der Waals surface area contributed by atoms with Gasteiger partial charge >= 0.3 is 0 Å². The largest absolute Gasteiger partial charge is 0.368 e. The van der Waals surface area contributed by atoms with Crippen LogP contribution in [0.15, 0.2) is 24.3 Å². The number of nitrogens with one attached hydrogen (secondary N) is 1. The fourth-order valence-corrected chi connectivity index (χ4v) is 4.31. The molecule has 0 saturated carbocycles. The maximum Gasteiger partial charge on any atom is 0.254 e. The lowest BCUT2D eigenvalue weighted by atomic mass is 9.96. The predicted molar refractivity (Wildman–Crippen MR) is 105 cm³/mol. The van der Waals surface area contributed by atoms with Gasteiger partial charge in [-0.3, -0.25) is 9.59 Å². The fraction of sp³-hybridized carbons (Fsp3) is 0.400. The Balaban J connectivity index is 1.96. The van der Waals surface area contributed by atoms with Crippen molar-refractivity contribution in [2.45, 2.75) is 45.6 Å². The Bertz CT molecular complexity index is 818. The summed E-state index contributed by atoms with van der Waals surface area (Å²) >= 11 is 1.37. The van der Waals surface area contributed by atoms with Crippen molar-refractivity contribution < 1.29 is 14.3 Å². The summed E-state index contributed by atoms with van der Waals surface area (Å²) in [5, 5.41) is 3.35. The quantitative estimate of drug-likeness (QED) is 0.830. The molecule has 1 fully saturated rings. The third-order valence-electron chi connectivity index (χ3n) is 4.66. The van der Waals surface area contributed by atoms with Crippen LogP contribution in [0.4, 0.5) is 5.00 Å². The minimum atomic E-state index is -0.542. The first-order valence-corrected chi connectivity index (χ1v) is 9.66. The average Bonchev–Trinajstić information content (AvgIpc) is 3.22. The monoisotopic (exact) mass is 372 g/mol. The first-order chi connectivity index (χ1) is 12.4. The van der Waals surface area contributed by atoms with Crippen LogP contribution in [0.3, 0.4) is 0 Å². The van der Waals surface area contributed by atoms with Crippen molar-refractivity contribution in [3.05, 3.63) is 40.3 Å². The number of amides is 2. The Hall–Kier alpha value is -2.18. The summed E-state index contributed by atoms with van der Waals surface area (Å²) in [5.74, 6) is -0.322. The molecule has 3 rings (SSSR count). The molecule has 26 heavy (non-hydrogen) atoms. The van der Waals surface area contributed by atoms with Gasteiger partial charge in [0.25, 0.3) is 11.8 Å². The van der Waals surface area contributed by atoms with Crippen LogP contribution in [0.1, 0.15) is 53.4 Å². The molecule has 2 amide bonds. The number of aryl methyl sites for hydroxylation is 1. The summed E-state index contributed by atoms with van der Waals surface area (Å²) in [6.45, 7) is 6.80. The molecule has 1 atom stereocenters. The highest BCUT2D eigenvalue weighted by Gasteiger charge is 2.27. The number of hydrogen-bond donors (Lipinski definition) is 2. The number of benzene rings is 1. The molecule has 138 valence electrons. The second-order valence-corrected chi connectivity index (χ2v) is 8.09. The predicted octanol–water partition coefficient (Wildman–Crippen LogP) is 4.06. The molecule has 3 N–H and O–H groups in total. The van der Waals surface area contributed by atoms with Crippen LogP contribution in [-0.4, -0.2) is 24.5 Å². The minimum Gasteiger partial charge on any atom is -0.368 e. The van der Waals surface area contributed by atoms with Gasteiger partial charge in [0, 0.05) is 17.0 Å². The van der Waals surface area contributed by atoms with E-state index in [4.69, 9.17) is 10.5 Å². The summed E-state index contributed by atoms with van der Waals surface area (Å²) in [7, 11) is 0. The maximum atomic E-state index is 12.4. The van der Waals surface area contributed by atoms with E-state index in [1.807, 2.05) is 19.1 Å². The van der Waals surface area contributed by atoms with E-state index >= 15 is 0 Å². The topological polar surface area (TPSA) is 81.4 Å². The van der Waals surface area contributed by atoms with Crippen LogP contribution in [0.25, 0.3) is 11.1 Å². The second kappa shape index (κ2) is 7.60. The van der Waals surface area contributed by atoms with Gasteiger partial charge in [-0.15, -0.1) is 11.3 Å². The van der Waals surface area contributed by atoms with E-state index in [0.717, 1.165) is 22.4 Å². The normalized spacial score (nSPS) is 16.8. The van der Waals surface area contributed by atoms with Crippen LogP contribution >= 0.6 is 11.3 Å². The van der Waals surface area contributed by atoms with E-state index in [9.17, 15) is 9.59 Å². The highest BCUT2D eigenvalue weighted by molar-refractivity contribution is 7.17. The number of primary amides is 1. The summed E-state index contributed by atoms with van der Waals surface area (Å²) in [6, 6.07) is 8.13. The van der Waals surface area contributed by atoms with E-state index in [1.165, 1.54) is 16.9 Å². The van der Waals surface area contributed by atoms with Crippen LogP contribution < -0.4 is 11.1 Å². The van der Waals surface area contributed by atoms with Gasteiger partial charge in [0.15, 0.2) is 0 Å². The molecule has 1 aliphatic heterocycles. The summed E-state index contributed by atoms with van der Waals surface area (Å²) < 4.78 is 5.42. The van der Waals surface area contributed by atoms with Gasteiger partial charge in [-0.2, -0.15) is 0 Å². The smallest absolute Gasteiger partial charge is 0.254 e. The maximum absolute atomic E-state index is 12.4. The molecule has 0 radical (unpaired) electrons. The lowest BCUT2D eigenvalue weighted by Crippen LogP contribution is -2.27. The van der Waals surface area contributed by atoms with Crippen LogP contribution in [0, 0.1) is 6.92 Å². The van der Waals surface area contributed by atoms with Gasteiger partial charge in [0.1, 0.15) is 11.1 Å². The molecule has 5 nitrogen and oxygen atoms in total. The van der Waals surface area contributed by atoms with Gasteiger partial charge in [-0.25, -0.2) is 0 Å². The fourth-order valence-electron chi connectivity index (χ4n) is 3.23. The molecule has 1 aliphatic rings. The van der Waals surface area contributed by atoms with E-state index in [0.29, 0.717) is 29.5 Å². The zero-order valence-corrected chi connectivity index (χ0v) is 16.1. The van der Waals surface area contributed by atoms with Crippen LogP contribution in [-0.2, 0) is 9.53 Å². The Labute approximate surface area is 157 Å². The minimum absolute atomic E-state index is 0.215. The van der Waals surface area contributed by atoms with E-state index in [-0.39, 0.29) is 5.91 Å². The first-order valence-electron chi connectivity index (χ1n) is 8.84. The van der Waals surface area contributed by atoms with Crippen molar-refractivity contribution in [3.8, 4) is 11.1 Å². The second-order valence-electron chi connectivity index (χ2n) is 6.87. The molecule has 2 heterocycles. The number of nitrogens with two attached hydrogens (primary N) is 1. The summed E-state index contributed by atoms with van der Waals surface area (Å²) in [5.41, 5.74) is 8.98. The zero-order chi connectivity index (χ0) is 18.8. The number of thiophene rings is 1. The Morgan fingerprint density at radius 2 is 1.96 bits per heavy atom. The number of hydrogen-bond acceptors (Lipinski definition) is 4. The third kappa shape index (κ3) is 3.66. The molecule has 0 spiro atoms. The van der Waals surface area contributed by atoms with Crippen molar-refractivity contribution in [2.24, 2.45) is 5.73 Å². The molecule has 0 bridgehead atoms. The lowest BCUT2D eigenvalue weighted by molar-refractivity contribution is -0.124. The third-order valence-corrected chi connectivity index (χ3v) is 5.68. The Morgan fingerprint density at radius 1 is 1.27 bits per heavy atom. The SMILES string of the molecule is Cc1sc(NC(=O)C2CCCO2)c(C(N)=O)c1-c1ccc(C(C)C)cc1. The summed E-state index contributed by atoms with van der Waals surface area (Å²) in [6.07, 6.45) is 1.12. The number of ether oxygens (including phenoxy) is 1. The molecule has 1 aromatic heterocycles. The van der Waals surface area contributed by atoms with Crippen molar-refractivity contribution in [1.82, 2.24) is 0 Å². The van der Waals surface area contributed by atoms with E-state index in [2.05, 4.69) is 31.3 Å². The molecule has 1 saturated heterocycles. The number of carbonyl (C=O) groups is 2. The van der Waals surface area contributed by atoms with Gasteiger partial charge in [-0.05, 0) is 36.8 Å². The van der Waals surface area contributed by atoms with Gasteiger partial charge in [0.2, 0.25) is 0 Å². The average molecular weight is 372 g/mol. The molecule has 6 heteroatoms. The standard InChI is InChI=1S/C20H24N2O3S/c1-11(2)13-6-8-14(9-7-13)16-12(3)26-20(17(16)18(21)23)22-19(24)15-5-4-10-25-15/h6-9,11,15H,4-5,10H2,1-3H3,(H2,21,23)(H,22,24). The molecular weight excluding hydrogens is 348 g/mol. The van der Waals surface area contributed by atoms with Crippen LogP contribution in [0.2, 0.25) is 0 Å². The van der Waals surface area contributed by atoms with Gasteiger partial charge in [-0.1, -0.05) is 38.1 Å². The van der Waals surface area contributed by atoms with Gasteiger partial charge < -0.3 is 15.8 Å². The molecule has 2 aromatic rings. The number of carbonyl (C=O) groups excluding carboxylic acids is 2. The van der Waals surface area contributed by atoms with Crippen molar-refractivity contribution in [3.63, 3.8) is 0 Å². The number of rotatable bonds is 5. The van der Waals surface area contributed by atoms with Crippen molar-refractivity contribution >= 4 is 28.2 Å². The molecule has 0 aliphatic carbocycles. The molecular formula is C20H24N2O3S. The lowest BCUT2D eigenvalue weighted by Gasteiger charge is -2.11. The molecule has 1 aromatic carbocycles. The van der Waals surface area contributed by atoms with E-state index < -0.39 is 12.0 Å². The highest BCUT2D eigenvalue weighted by atomic mass is 32.1. The Morgan fingerprint density at radius 3 is 2.50 bits per heavy atom. The van der Waals surface area contributed by atoms with Crippen molar-refractivity contribution in [1.29, 1.82) is 0 Å². The number of anilines is 1. The molecule has 1 unspecified atom stereocenters. The summed E-state index contributed by atoms with van der Waals surface area (Å²) in [4.78, 5) is 25.5. The van der Waals surface area contributed by atoms with Gasteiger partial charge in [0.05, 0.1) is 5.56 Å². The first kappa shape index (κ1) is 18.6. The highest BCUT2D eigenvalue weighted by Crippen LogP contribution is 2.40. The zero-order valence-electron chi connectivity index (χ0n) is 15.3. The van der Waals surface area contributed by atoms with E-state index in [1.54, 1.807) is 0 Å².